The molecule has 4 heteroatoms. The van der Waals surface area contributed by atoms with E-state index in [9.17, 15) is 0 Å². The highest BCUT2D eigenvalue weighted by Gasteiger charge is 2.34. The number of hydrogen-bond acceptors (Lipinski definition) is 2. The smallest absolute Gasteiger partial charge is 0.191 e. The van der Waals surface area contributed by atoms with Gasteiger partial charge in [-0.1, -0.05) is 13.3 Å². The monoisotopic (exact) mass is 266 g/mol. The van der Waals surface area contributed by atoms with Crippen LogP contribution in [0.1, 0.15) is 45.4 Å². The summed E-state index contributed by atoms with van der Waals surface area (Å²) in [4.78, 5) is 6.79. The van der Waals surface area contributed by atoms with Gasteiger partial charge in [-0.2, -0.15) is 0 Å². The van der Waals surface area contributed by atoms with E-state index < -0.39 is 0 Å². The number of rotatable bonds is 5. The van der Waals surface area contributed by atoms with Crippen molar-refractivity contribution in [3.63, 3.8) is 0 Å². The molecule has 1 aliphatic heterocycles. The molecule has 0 amide bonds. The van der Waals surface area contributed by atoms with Crippen LogP contribution in [0.2, 0.25) is 0 Å². The highest BCUT2D eigenvalue weighted by atomic mass is 15.2. The van der Waals surface area contributed by atoms with E-state index in [-0.39, 0.29) is 0 Å². The average molecular weight is 266 g/mol. The van der Waals surface area contributed by atoms with Gasteiger partial charge in [0.25, 0.3) is 0 Å². The molecule has 2 N–H and O–H groups in total. The van der Waals surface area contributed by atoms with Crippen molar-refractivity contribution in [1.29, 1.82) is 0 Å². The van der Waals surface area contributed by atoms with Crippen molar-refractivity contribution in [1.82, 2.24) is 15.5 Å². The molecule has 110 valence electrons. The maximum Gasteiger partial charge on any atom is 0.191 e. The van der Waals surface area contributed by atoms with Crippen LogP contribution in [0.15, 0.2) is 4.99 Å². The van der Waals surface area contributed by atoms with Gasteiger partial charge in [-0.25, -0.2) is 0 Å². The second-order valence-corrected chi connectivity index (χ2v) is 6.29. The van der Waals surface area contributed by atoms with Crippen LogP contribution in [0.4, 0.5) is 0 Å². The minimum absolute atomic E-state index is 0.543. The van der Waals surface area contributed by atoms with Crippen LogP contribution in [0.3, 0.4) is 0 Å². The van der Waals surface area contributed by atoms with E-state index in [1.54, 1.807) is 0 Å². The standard InChI is InChI=1S/C15H30N4/c1-4-15(8-6-9-15)12-18-14(16-2)17-11-13-7-5-10-19(13)3/h13H,4-12H2,1-3H3,(H2,16,17,18). The zero-order valence-corrected chi connectivity index (χ0v) is 12.8. The number of nitrogens with zero attached hydrogens (tertiary/aromatic N) is 2. The topological polar surface area (TPSA) is 39.7 Å². The van der Waals surface area contributed by atoms with E-state index in [1.165, 1.54) is 45.1 Å². The molecule has 0 aromatic heterocycles. The fraction of sp³-hybridized carbons (Fsp3) is 0.933. The van der Waals surface area contributed by atoms with Gasteiger partial charge >= 0.3 is 0 Å². The first kappa shape index (κ1) is 14.6. The number of hydrogen-bond donors (Lipinski definition) is 2. The van der Waals surface area contributed by atoms with Crippen LogP contribution in [0.5, 0.6) is 0 Å². The molecule has 1 heterocycles. The third-order valence-corrected chi connectivity index (χ3v) is 5.20. The molecule has 0 aromatic carbocycles. The van der Waals surface area contributed by atoms with Gasteiger partial charge in [0.1, 0.15) is 0 Å². The Kier molecular flexibility index (Phi) is 5.08. The molecule has 0 bridgehead atoms. The second-order valence-electron chi connectivity index (χ2n) is 6.29. The SMILES string of the molecule is CCC1(CNC(=NC)NCC2CCCN2C)CCC1. The summed E-state index contributed by atoms with van der Waals surface area (Å²) in [5.74, 6) is 0.972. The molecule has 0 radical (unpaired) electrons. The van der Waals surface area contributed by atoms with Gasteiger partial charge in [-0.05, 0) is 51.1 Å². The van der Waals surface area contributed by atoms with Crippen LogP contribution >= 0.6 is 0 Å². The van der Waals surface area contributed by atoms with Gasteiger partial charge in [0.2, 0.25) is 0 Å². The summed E-state index contributed by atoms with van der Waals surface area (Å²) < 4.78 is 0. The molecule has 1 saturated carbocycles. The van der Waals surface area contributed by atoms with Gasteiger partial charge in [-0.15, -0.1) is 0 Å². The lowest BCUT2D eigenvalue weighted by molar-refractivity contribution is 0.131. The van der Waals surface area contributed by atoms with E-state index in [0.717, 1.165) is 19.0 Å². The first-order chi connectivity index (χ1) is 9.19. The zero-order valence-electron chi connectivity index (χ0n) is 12.8. The van der Waals surface area contributed by atoms with E-state index in [2.05, 4.69) is 34.5 Å². The van der Waals surface area contributed by atoms with Gasteiger partial charge in [0.05, 0.1) is 0 Å². The van der Waals surface area contributed by atoms with Gasteiger partial charge < -0.3 is 15.5 Å². The van der Waals surface area contributed by atoms with E-state index >= 15 is 0 Å². The summed E-state index contributed by atoms with van der Waals surface area (Å²) in [6, 6.07) is 0.669. The Morgan fingerprint density at radius 3 is 2.58 bits per heavy atom. The van der Waals surface area contributed by atoms with Crippen molar-refractivity contribution in [2.75, 3.05) is 33.7 Å². The maximum absolute atomic E-state index is 4.35. The predicted octanol–water partition coefficient (Wildman–Crippen LogP) is 1.83. The highest BCUT2D eigenvalue weighted by molar-refractivity contribution is 5.79. The Bertz CT molecular complexity index is 304. The van der Waals surface area contributed by atoms with Crippen LogP contribution in [0.25, 0.3) is 0 Å². The molecule has 0 spiro atoms. The molecule has 2 aliphatic rings. The average Bonchev–Trinajstić information content (AvgIpc) is 2.78. The Hall–Kier alpha value is -0.770. The number of likely N-dealkylation sites (N-methyl/N-ethyl adjacent to an activating group) is 1. The molecule has 4 nitrogen and oxygen atoms in total. The first-order valence-corrected chi connectivity index (χ1v) is 7.84. The summed E-state index contributed by atoms with van der Waals surface area (Å²) in [6.45, 7) is 5.63. The second kappa shape index (κ2) is 6.60. The van der Waals surface area contributed by atoms with Gasteiger partial charge in [0, 0.05) is 26.2 Å². The Morgan fingerprint density at radius 2 is 2.11 bits per heavy atom. The molecule has 2 rings (SSSR count). The fourth-order valence-electron chi connectivity index (χ4n) is 3.28. The van der Waals surface area contributed by atoms with Crippen molar-refractivity contribution in [3.05, 3.63) is 0 Å². The number of guanidine groups is 1. The Morgan fingerprint density at radius 1 is 1.32 bits per heavy atom. The zero-order chi connectivity index (χ0) is 13.7. The molecule has 1 saturated heterocycles. The molecule has 19 heavy (non-hydrogen) atoms. The number of aliphatic imine (C=N–C) groups is 1. The lowest BCUT2D eigenvalue weighted by atomic mass is 9.67. The van der Waals surface area contributed by atoms with Crippen molar-refractivity contribution < 1.29 is 0 Å². The summed E-state index contributed by atoms with van der Waals surface area (Å²) in [5, 5.41) is 7.01. The van der Waals surface area contributed by atoms with Gasteiger partial charge in [0.15, 0.2) is 5.96 Å². The van der Waals surface area contributed by atoms with E-state index in [4.69, 9.17) is 0 Å². The summed E-state index contributed by atoms with van der Waals surface area (Å²) in [7, 11) is 4.09. The largest absolute Gasteiger partial charge is 0.356 e. The minimum Gasteiger partial charge on any atom is -0.356 e. The van der Waals surface area contributed by atoms with E-state index in [0.29, 0.717) is 11.5 Å². The summed E-state index contributed by atoms with van der Waals surface area (Å²) in [6.07, 6.45) is 8.06. The van der Waals surface area contributed by atoms with Crippen LogP contribution < -0.4 is 10.6 Å². The minimum atomic E-state index is 0.543. The molecule has 1 aliphatic carbocycles. The van der Waals surface area contributed by atoms with Crippen molar-refractivity contribution >= 4 is 5.96 Å². The van der Waals surface area contributed by atoms with Crippen LogP contribution in [0, 0.1) is 5.41 Å². The third-order valence-electron chi connectivity index (χ3n) is 5.20. The molecule has 2 fully saturated rings. The molecular weight excluding hydrogens is 236 g/mol. The quantitative estimate of drug-likeness (QED) is 0.589. The van der Waals surface area contributed by atoms with Crippen molar-refractivity contribution in [3.8, 4) is 0 Å². The molecule has 1 unspecified atom stereocenters. The number of likely N-dealkylation sites (tertiary alicyclic amines) is 1. The van der Waals surface area contributed by atoms with Crippen LogP contribution in [-0.2, 0) is 0 Å². The lowest BCUT2D eigenvalue weighted by Gasteiger charge is -2.41. The summed E-state index contributed by atoms with van der Waals surface area (Å²) in [5.41, 5.74) is 0.543. The third kappa shape index (κ3) is 3.62. The highest BCUT2D eigenvalue weighted by Crippen LogP contribution is 2.42. The predicted molar refractivity (Wildman–Crippen MR) is 81.6 cm³/mol. The normalized spacial score (nSPS) is 27.1. The summed E-state index contributed by atoms with van der Waals surface area (Å²) >= 11 is 0. The Balaban J connectivity index is 1.71. The maximum atomic E-state index is 4.35. The molecule has 1 atom stereocenters. The van der Waals surface area contributed by atoms with Crippen LogP contribution in [-0.4, -0.2) is 50.6 Å². The number of nitrogens with one attached hydrogen (secondary N) is 2. The fourth-order valence-corrected chi connectivity index (χ4v) is 3.28. The molecular formula is C15H30N4. The van der Waals surface area contributed by atoms with E-state index in [1.807, 2.05) is 7.05 Å². The Labute approximate surface area is 118 Å². The van der Waals surface area contributed by atoms with Crippen molar-refractivity contribution in [2.24, 2.45) is 10.4 Å². The molecule has 0 aromatic rings. The van der Waals surface area contributed by atoms with Gasteiger partial charge in [-0.3, -0.25) is 4.99 Å². The lowest BCUT2D eigenvalue weighted by Crippen LogP contribution is -2.48. The first-order valence-electron chi connectivity index (χ1n) is 7.84. The van der Waals surface area contributed by atoms with Crippen molar-refractivity contribution in [2.45, 2.75) is 51.5 Å².